The zero-order chi connectivity index (χ0) is 24.8. The minimum absolute atomic E-state index is 0.385. The maximum Gasteiger partial charge on any atom is 0.300 e. The van der Waals surface area contributed by atoms with Crippen LogP contribution in [0.2, 0.25) is 0 Å². The summed E-state index contributed by atoms with van der Waals surface area (Å²) in [6, 6.07) is 8.04. The molecule has 0 saturated carbocycles. The van der Waals surface area contributed by atoms with Gasteiger partial charge in [-0.1, -0.05) is 0 Å². The molecule has 1 N–H and O–H groups in total. The predicted molar refractivity (Wildman–Crippen MR) is 128 cm³/mol. The number of rotatable bonds is 5. The smallest absolute Gasteiger partial charge is 0.300 e. The zero-order valence-electron chi connectivity index (χ0n) is 20.1. The van der Waals surface area contributed by atoms with Crippen molar-refractivity contribution in [2.24, 2.45) is 5.41 Å². The number of fused-ring (bicyclic) bond motifs is 1. The molecule has 35 heavy (non-hydrogen) atoms. The molecule has 1 spiro atoms. The van der Waals surface area contributed by atoms with Crippen molar-refractivity contribution in [2.75, 3.05) is 44.7 Å². The number of nitrogens with zero attached hydrogens (tertiary/aromatic N) is 8. The molecular weight excluding hydrogens is 448 g/mol. The lowest BCUT2D eigenvalue weighted by atomic mass is 9.78. The zero-order valence-corrected chi connectivity index (χ0v) is 20.1. The molecule has 11 nitrogen and oxygen atoms in total. The molecule has 0 aliphatic carbocycles. The lowest BCUT2D eigenvalue weighted by Gasteiger charge is -2.39. The number of nitriles is 1. The fraction of sp³-hybridized carbons (Fsp3) is 0.500. The summed E-state index contributed by atoms with van der Waals surface area (Å²) in [5, 5.41) is 29.2. The molecule has 0 atom stereocenters. The molecule has 2 aliphatic rings. The maximum atomic E-state index is 9.11. The first-order valence-electron chi connectivity index (χ1n) is 11.7. The summed E-state index contributed by atoms with van der Waals surface area (Å²) in [4.78, 5) is 18.4. The van der Waals surface area contributed by atoms with Crippen LogP contribution in [0.4, 0.5) is 5.82 Å². The molecule has 3 aromatic rings. The minimum Gasteiger partial charge on any atom is -0.495 e. The van der Waals surface area contributed by atoms with Gasteiger partial charge in [0.25, 0.3) is 5.97 Å². The van der Waals surface area contributed by atoms with Crippen molar-refractivity contribution in [3.05, 3.63) is 42.0 Å². The van der Waals surface area contributed by atoms with E-state index in [0.717, 1.165) is 63.2 Å². The van der Waals surface area contributed by atoms with Gasteiger partial charge in [-0.2, -0.15) is 9.78 Å². The summed E-state index contributed by atoms with van der Waals surface area (Å²) in [5.74, 6) is 0.779. The van der Waals surface area contributed by atoms with Crippen LogP contribution >= 0.6 is 0 Å². The Morgan fingerprint density at radius 1 is 1.26 bits per heavy atom. The van der Waals surface area contributed by atoms with E-state index in [0.29, 0.717) is 16.7 Å². The fourth-order valence-electron chi connectivity index (χ4n) is 4.82. The number of likely N-dealkylation sites (tertiary alicyclic amines) is 1. The molecule has 0 aromatic carbocycles. The molecular formula is C24H30N8O3. The Morgan fingerprint density at radius 3 is 2.71 bits per heavy atom. The van der Waals surface area contributed by atoms with Crippen LogP contribution in [-0.4, -0.2) is 80.6 Å². The number of aliphatic carboxylic acids is 1. The first kappa shape index (κ1) is 24.3. The third-order valence-electron chi connectivity index (χ3n) is 6.77. The van der Waals surface area contributed by atoms with E-state index in [1.807, 2.05) is 12.1 Å². The minimum atomic E-state index is -0.833. The van der Waals surface area contributed by atoms with E-state index in [1.165, 1.54) is 19.3 Å². The number of ether oxygens (including phenoxy) is 1. The van der Waals surface area contributed by atoms with Crippen molar-refractivity contribution in [3.8, 4) is 11.8 Å². The van der Waals surface area contributed by atoms with Gasteiger partial charge in [0.1, 0.15) is 29.5 Å². The second-order valence-corrected chi connectivity index (χ2v) is 9.10. The molecule has 0 bridgehead atoms. The molecule has 5 rings (SSSR count). The molecule has 2 fully saturated rings. The summed E-state index contributed by atoms with van der Waals surface area (Å²) in [6.45, 7) is 6.40. The standard InChI is InChI=1S/C22H26N8O.C2H4O2/c1-31-19-12-18(24-14-17(19)13-23)4-8-28-9-5-22(6-10-28)7-11-29(15-22)21-3-2-20-26-25-16-30(20)27-21;1-2(3)4/h2-3,12,14,16H,4-11,15H2,1H3;1H3,(H,3,4). The normalized spacial score (nSPS) is 17.1. The number of piperidine rings is 1. The van der Waals surface area contributed by atoms with Gasteiger partial charge >= 0.3 is 0 Å². The Bertz CT molecular complexity index is 1210. The van der Waals surface area contributed by atoms with Crippen molar-refractivity contribution in [1.82, 2.24) is 29.7 Å². The molecule has 11 heteroatoms. The van der Waals surface area contributed by atoms with E-state index in [1.54, 1.807) is 24.1 Å². The number of aromatic nitrogens is 5. The van der Waals surface area contributed by atoms with Crippen LogP contribution < -0.4 is 9.64 Å². The van der Waals surface area contributed by atoms with E-state index >= 15 is 0 Å². The topological polar surface area (TPSA) is 133 Å². The summed E-state index contributed by atoms with van der Waals surface area (Å²) in [6.07, 6.45) is 7.77. The van der Waals surface area contributed by atoms with Gasteiger partial charge in [0.05, 0.1) is 7.11 Å². The lowest BCUT2D eigenvalue weighted by Crippen LogP contribution is -2.42. The third kappa shape index (κ3) is 5.84. The van der Waals surface area contributed by atoms with Crippen molar-refractivity contribution in [3.63, 3.8) is 0 Å². The number of carboxylic acids is 1. The van der Waals surface area contributed by atoms with Gasteiger partial charge in [0.15, 0.2) is 5.65 Å². The molecule has 0 radical (unpaired) electrons. The summed E-state index contributed by atoms with van der Waals surface area (Å²) < 4.78 is 7.05. The van der Waals surface area contributed by atoms with Gasteiger partial charge in [0.2, 0.25) is 0 Å². The van der Waals surface area contributed by atoms with Crippen LogP contribution in [0.25, 0.3) is 5.65 Å². The Labute approximate surface area is 204 Å². The monoisotopic (exact) mass is 478 g/mol. The SMILES string of the molecule is CC(=O)O.COc1cc(CCN2CCC3(CC2)CCN(c2ccc4nncn4n2)C3)ncc1C#N. The number of carbonyl (C=O) groups is 1. The average molecular weight is 479 g/mol. The largest absolute Gasteiger partial charge is 0.495 e. The quantitative estimate of drug-likeness (QED) is 0.581. The molecule has 0 unspecified atom stereocenters. The highest BCUT2D eigenvalue weighted by molar-refractivity contribution is 5.63. The molecule has 2 aliphatic heterocycles. The Balaban J connectivity index is 0.000000672. The van der Waals surface area contributed by atoms with E-state index in [9.17, 15) is 0 Å². The van der Waals surface area contributed by atoms with E-state index in [4.69, 9.17) is 19.9 Å². The Kier molecular flexibility index (Phi) is 7.41. The first-order chi connectivity index (χ1) is 16.9. The number of hydrogen-bond acceptors (Lipinski definition) is 9. The van der Waals surface area contributed by atoms with Gasteiger partial charge in [0, 0.05) is 50.9 Å². The van der Waals surface area contributed by atoms with Gasteiger partial charge in [-0.05, 0) is 49.9 Å². The number of methoxy groups -OCH3 is 1. The number of anilines is 1. The first-order valence-corrected chi connectivity index (χ1v) is 11.7. The van der Waals surface area contributed by atoms with Crippen LogP contribution in [-0.2, 0) is 11.2 Å². The van der Waals surface area contributed by atoms with E-state index in [2.05, 4.69) is 42.2 Å². The van der Waals surface area contributed by atoms with Crippen LogP contribution in [0.5, 0.6) is 5.75 Å². The highest BCUT2D eigenvalue weighted by Gasteiger charge is 2.41. The second-order valence-electron chi connectivity index (χ2n) is 9.10. The number of pyridine rings is 1. The van der Waals surface area contributed by atoms with Crippen molar-refractivity contribution in [1.29, 1.82) is 5.26 Å². The third-order valence-corrected chi connectivity index (χ3v) is 6.77. The van der Waals surface area contributed by atoms with Crippen LogP contribution in [0.15, 0.2) is 30.7 Å². The molecule has 2 saturated heterocycles. The Hall–Kier alpha value is -3.78. The summed E-state index contributed by atoms with van der Waals surface area (Å²) in [7, 11) is 1.59. The predicted octanol–water partition coefficient (Wildman–Crippen LogP) is 2.03. The van der Waals surface area contributed by atoms with Crippen LogP contribution in [0.3, 0.4) is 0 Å². The Morgan fingerprint density at radius 2 is 2.00 bits per heavy atom. The average Bonchev–Trinajstić information content (AvgIpc) is 3.50. The van der Waals surface area contributed by atoms with Crippen molar-refractivity contribution in [2.45, 2.75) is 32.6 Å². The van der Waals surface area contributed by atoms with Crippen LogP contribution in [0, 0.1) is 16.7 Å². The fourth-order valence-corrected chi connectivity index (χ4v) is 4.82. The molecule has 0 amide bonds. The van der Waals surface area contributed by atoms with Crippen molar-refractivity contribution < 1.29 is 14.6 Å². The van der Waals surface area contributed by atoms with Gasteiger partial charge in [-0.3, -0.25) is 9.78 Å². The molecule has 5 heterocycles. The summed E-state index contributed by atoms with van der Waals surface area (Å²) >= 11 is 0. The van der Waals surface area contributed by atoms with Crippen molar-refractivity contribution >= 4 is 17.4 Å². The van der Waals surface area contributed by atoms with E-state index in [-0.39, 0.29) is 0 Å². The molecule has 3 aromatic heterocycles. The van der Waals surface area contributed by atoms with Crippen LogP contribution in [0.1, 0.15) is 37.4 Å². The van der Waals surface area contributed by atoms with E-state index < -0.39 is 5.97 Å². The highest BCUT2D eigenvalue weighted by atomic mass is 16.5. The number of carboxylic acid groups (broad SMARTS) is 1. The lowest BCUT2D eigenvalue weighted by molar-refractivity contribution is -0.134. The maximum absolute atomic E-state index is 9.11. The second kappa shape index (κ2) is 10.7. The number of hydrogen-bond donors (Lipinski definition) is 1. The van der Waals surface area contributed by atoms with Gasteiger partial charge in [-0.15, -0.1) is 15.3 Å². The summed E-state index contributed by atoms with van der Waals surface area (Å²) in [5.41, 5.74) is 2.62. The highest BCUT2D eigenvalue weighted by Crippen LogP contribution is 2.41. The van der Waals surface area contributed by atoms with Gasteiger partial charge in [-0.25, -0.2) is 0 Å². The van der Waals surface area contributed by atoms with Gasteiger partial charge < -0.3 is 19.6 Å². The molecule has 184 valence electrons.